The van der Waals surface area contributed by atoms with Gasteiger partial charge in [0, 0.05) is 18.6 Å². The Bertz CT molecular complexity index is 211. The topological polar surface area (TPSA) is 32.3 Å². The zero-order valence-corrected chi connectivity index (χ0v) is 9.76. The fourth-order valence-electron chi connectivity index (χ4n) is 1.82. The monoisotopic (exact) mass is 198 g/mol. The molecule has 3 heteroatoms. The van der Waals surface area contributed by atoms with Crippen molar-refractivity contribution in [1.29, 1.82) is 0 Å². The molecular weight excluding hydrogens is 176 g/mol. The molecule has 0 aromatic carbocycles. The first-order valence-electron chi connectivity index (χ1n) is 5.44. The van der Waals surface area contributed by atoms with Gasteiger partial charge in [-0.25, -0.2) is 0 Å². The number of rotatable bonds is 3. The van der Waals surface area contributed by atoms with Crippen LogP contribution in [0, 0.1) is 5.92 Å². The third-order valence-corrected chi connectivity index (χ3v) is 2.80. The van der Waals surface area contributed by atoms with Crippen LogP contribution in [0.25, 0.3) is 0 Å². The van der Waals surface area contributed by atoms with Gasteiger partial charge < -0.3 is 10.2 Å². The molecule has 1 aliphatic rings. The van der Waals surface area contributed by atoms with Crippen LogP contribution >= 0.6 is 0 Å². The highest BCUT2D eigenvalue weighted by Gasteiger charge is 2.33. The van der Waals surface area contributed by atoms with Gasteiger partial charge in [0.1, 0.15) is 0 Å². The predicted molar refractivity (Wildman–Crippen MR) is 58.1 cm³/mol. The number of hydrogen-bond acceptors (Lipinski definition) is 2. The van der Waals surface area contributed by atoms with Gasteiger partial charge in [0.15, 0.2) is 0 Å². The van der Waals surface area contributed by atoms with E-state index in [1.807, 2.05) is 4.90 Å². The summed E-state index contributed by atoms with van der Waals surface area (Å²) in [4.78, 5) is 13.7. The summed E-state index contributed by atoms with van der Waals surface area (Å²) in [7, 11) is 0. The molecule has 0 unspecified atom stereocenters. The van der Waals surface area contributed by atoms with E-state index in [2.05, 4.69) is 33.0 Å². The van der Waals surface area contributed by atoms with Crippen molar-refractivity contribution >= 4 is 5.91 Å². The van der Waals surface area contributed by atoms with Crippen molar-refractivity contribution in [1.82, 2.24) is 10.2 Å². The minimum absolute atomic E-state index is 0.0236. The fraction of sp³-hybridized carbons (Fsp3) is 0.909. The number of amides is 1. The zero-order valence-electron chi connectivity index (χ0n) is 9.76. The Morgan fingerprint density at radius 3 is 2.64 bits per heavy atom. The third kappa shape index (κ3) is 2.71. The van der Waals surface area contributed by atoms with Crippen LogP contribution in [-0.4, -0.2) is 36.0 Å². The molecule has 0 radical (unpaired) electrons. The lowest BCUT2D eigenvalue weighted by Gasteiger charge is -2.43. The fourth-order valence-corrected chi connectivity index (χ4v) is 1.82. The summed E-state index contributed by atoms with van der Waals surface area (Å²) < 4.78 is 0. The van der Waals surface area contributed by atoms with E-state index in [1.165, 1.54) is 0 Å². The molecule has 1 N–H and O–H groups in total. The van der Waals surface area contributed by atoms with Gasteiger partial charge in [-0.2, -0.15) is 0 Å². The average molecular weight is 198 g/mol. The second kappa shape index (κ2) is 4.30. The summed E-state index contributed by atoms with van der Waals surface area (Å²) in [6, 6.07) is 0. The molecule has 1 heterocycles. The Morgan fingerprint density at radius 2 is 2.14 bits per heavy atom. The van der Waals surface area contributed by atoms with E-state index in [1.54, 1.807) is 0 Å². The molecule has 0 aromatic rings. The summed E-state index contributed by atoms with van der Waals surface area (Å²) >= 11 is 0. The van der Waals surface area contributed by atoms with Gasteiger partial charge in [0.2, 0.25) is 5.91 Å². The van der Waals surface area contributed by atoms with Crippen LogP contribution in [0.1, 0.15) is 34.1 Å². The normalized spacial score (nSPS) is 21.8. The smallest absolute Gasteiger partial charge is 0.237 e. The maximum Gasteiger partial charge on any atom is 0.237 e. The number of hydrogen-bond donors (Lipinski definition) is 1. The number of carbonyl (C=O) groups is 1. The SMILES string of the molecule is CC(C)CCN1C(=O)CNCC1(C)C. The van der Waals surface area contributed by atoms with Gasteiger partial charge in [-0.1, -0.05) is 13.8 Å². The maximum absolute atomic E-state index is 11.7. The molecule has 1 rings (SSSR count). The van der Waals surface area contributed by atoms with Gasteiger partial charge in [-0.15, -0.1) is 0 Å². The molecule has 0 bridgehead atoms. The van der Waals surface area contributed by atoms with Crippen LogP contribution in [-0.2, 0) is 4.79 Å². The average Bonchev–Trinajstić information content (AvgIpc) is 2.01. The molecule has 0 atom stereocenters. The number of piperazine rings is 1. The summed E-state index contributed by atoms with van der Waals surface area (Å²) in [5.41, 5.74) is -0.0236. The van der Waals surface area contributed by atoms with E-state index in [9.17, 15) is 4.79 Å². The van der Waals surface area contributed by atoms with E-state index in [0.717, 1.165) is 19.5 Å². The number of nitrogens with zero attached hydrogens (tertiary/aromatic N) is 1. The molecule has 0 spiro atoms. The lowest BCUT2D eigenvalue weighted by atomic mass is 9.98. The van der Waals surface area contributed by atoms with Crippen molar-refractivity contribution in [2.75, 3.05) is 19.6 Å². The Balaban J connectivity index is 2.56. The largest absolute Gasteiger partial charge is 0.335 e. The van der Waals surface area contributed by atoms with E-state index >= 15 is 0 Å². The van der Waals surface area contributed by atoms with Gasteiger partial charge in [-0.3, -0.25) is 4.79 Å². The van der Waals surface area contributed by atoms with E-state index in [-0.39, 0.29) is 11.4 Å². The van der Waals surface area contributed by atoms with Gasteiger partial charge in [0.05, 0.1) is 6.54 Å². The third-order valence-electron chi connectivity index (χ3n) is 2.80. The second-order valence-electron chi connectivity index (χ2n) is 5.14. The van der Waals surface area contributed by atoms with Crippen LogP contribution in [0.3, 0.4) is 0 Å². The Kier molecular flexibility index (Phi) is 3.53. The molecular formula is C11H22N2O. The summed E-state index contributed by atoms with van der Waals surface area (Å²) in [6.45, 7) is 10.9. The lowest BCUT2D eigenvalue weighted by Crippen LogP contribution is -2.61. The molecule has 1 fully saturated rings. The highest BCUT2D eigenvalue weighted by Crippen LogP contribution is 2.18. The molecule has 0 saturated carbocycles. The lowest BCUT2D eigenvalue weighted by molar-refractivity contribution is -0.138. The van der Waals surface area contributed by atoms with Crippen LogP contribution in [0.15, 0.2) is 0 Å². The van der Waals surface area contributed by atoms with E-state index in [4.69, 9.17) is 0 Å². The molecule has 3 nitrogen and oxygen atoms in total. The van der Waals surface area contributed by atoms with Gasteiger partial charge in [0.25, 0.3) is 0 Å². The molecule has 82 valence electrons. The molecule has 1 saturated heterocycles. The van der Waals surface area contributed by atoms with E-state index in [0.29, 0.717) is 12.5 Å². The number of carbonyl (C=O) groups excluding carboxylic acids is 1. The molecule has 1 amide bonds. The molecule has 14 heavy (non-hydrogen) atoms. The zero-order chi connectivity index (χ0) is 10.8. The number of nitrogens with one attached hydrogen (secondary N) is 1. The minimum Gasteiger partial charge on any atom is -0.335 e. The van der Waals surface area contributed by atoms with Crippen molar-refractivity contribution in [3.05, 3.63) is 0 Å². The van der Waals surface area contributed by atoms with Crippen LogP contribution < -0.4 is 5.32 Å². The van der Waals surface area contributed by atoms with Gasteiger partial charge in [-0.05, 0) is 26.2 Å². The summed E-state index contributed by atoms with van der Waals surface area (Å²) in [6.07, 6.45) is 1.09. The molecule has 0 aromatic heterocycles. The quantitative estimate of drug-likeness (QED) is 0.740. The first kappa shape index (κ1) is 11.5. The highest BCUT2D eigenvalue weighted by molar-refractivity contribution is 5.80. The van der Waals surface area contributed by atoms with Crippen LogP contribution in [0.2, 0.25) is 0 Å². The second-order valence-corrected chi connectivity index (χ2v) is 5.14. The van der Waals surface area contributed by atoms with Crippen molar-refractivity contribution < 1.29 is 4.79 Å². The first-order chi connectivity index (χ1) is 6.43. The first-order valence-corrected chi connectivity index (χ1v) is 5.44. The Morgan fingerprint density at radius 1 is 1.50 bits per heavy atom. The molecule has 0 aliphatic carbocycles. The predicted octanol–water partition coefficient (Wildman–Crippen LogP) is 1.24. The Labute approximate surface area is 86.9 Å². The van der Waals surface area contributed by atoms with Crippen molar-refractivity contribution in [2.24, 2.45) is 5.92 Å². The summed E-state index contributed by atoms with van der Waals surface area (Å²) in [5.74, 6) is 0.899. The van der Waals surface area contributed by atoms with Crippen molar-refractivity contribution in [3.63, 3.8) is 0 Å². The Hall–Kier alpha value is -0.570. The van der Waals surface area contributed by atoms with Gasteiger partial charge >= 0.3 is 0 Å². The van der Waals surface area contributed by atoms with E-state index < -0.39 is 0 Å². The standard InChI is InChI=1S/C11H22N2O/c1-9(2)5-6-13-10(14)7-12-8-11(13,3)4/h9,12H,5-8H2,1-4H3. The van der Waals surface area contributed by atoms with Crippen LogP contribution in [0.4, 0.5) is 0 Å². The minimum atomic E-state index is -0.0236. The van der Waals surface area contributed by atoms with Crippen molar-refractivity contribution in [3.8, 4) is 0 Å². The highest BCUT2D eigenvalue weighted by atomic mass is 16.2. The summed E-state index contributed by atoms with van der Waals surface area (Å²) in [5, 5.41) is 3.15. The molecule has 1 aliphatic heterocycles. The van der Waals surface area contributed by atoms with Crippen molar-refractivity contribution in [2.45, 2.75) is 39.7 Å². The maximum atomic E-state index is 11.7. The van der Waals surface area contributed by atoms with Crippen LogP contribution in [0.5, 0.6) is 0 Å².